The summed E-state index contributed by atoms with van der Waals surface area (Å²) in [4.78, 5) is 30.6. The first-order valence-corrected chi connectivity index (χ1v) is 9.24. The minimum atomic E-state index is -2.43. The number of rotatable bonds is 13. The molecule has 0 bridgehead atoms. The standard InChI is InChI=1S/C15H30NO4P/c1-3-5-7-9-10-12(15(17)18)14(21(19)20)13(16)11-8-6-4-2/h12,14,16,19-20H,3-11H2,1-2H3,(H,17,18). The SMILES string of the molecule is CCCCCCC(C(=O)O)C(C(=N)CCCCC)P(O)O. The molecule has 6 heteroatoms. The second-order valence-corrected chi connectivity index (χ2v) is 6.74. The van der Waals surface area contributed by atoms with Crippen molar-refractivity contribution in [3.8, 4) is 0 Å². The van der Waals surface area contributed by atoms with Gasteiger partial charge in [-0.05, 0) is 19.3 Å². The summed E-state index contributed by atoms with van der Waals surface area (Å²) in [5.41, 5.74) is -0.738. The van der Waals surface area contributed by atoms with Crippen molar-refractivity contribution in [3.05, 3.63) is 0 Å². The zero-order valence-corrected chi connectivity index (χ0v) is 14.1. The van der Waals surface area contributed by atoms with E-state index in [1.165, 1.54) is 0 Å². The molecule has 2 unspecified atom stereocenters. The highest BCUT2D eigenvalue weighted by Gasteiger charge is 2.36. The Morgan fingerprint density at radius 1 is 1.05 bits per heavy atom. The number of carboxylic acids is 1. The Kier molecular flexibility index (Phi) is 11.8. The molecule has 0 saturated carbocycles. The van der Waals surface area contributed by atoms with Crippen LogP contribution in [-0.4, -0.2) is 32.2 Å². The van der Waals surface area contributed by atoms with E-state index in [1.54, 1.807) is 0 Å². The third-order valence-corrected chi connectivity index (χ3v) is 4.89. The molecule has 0 aliphatic heterocycles. The smallest absolute Gasteiger partial charge is 0.307 e. The molecule has 124 valence electrons. The van der Waals surface area contributed by atoms with E-state index in [4.69, 9.17) is 5.41 Å². The van der Waals surface area contributed by atoms with E-state index in [9.17, 15) is 19.7 Å². The van der Waals surface area contributed by atoms with E-state index in [0.29, 0.717) is 12.8 Å². The van der Waals surface area contributed by atoms with Gasteiger partial charge in [-0.15, -0.1) is 0 Å². The molecule has 4 N–H and O–H groups in total. The second-order valence-electron chi connectivity index (χ2n) is 5.54. The maximum atomic E-state index is 11.4. The van der Waals surface area contributed by atoms with Crippen molar-refractivity contribution < 1.29 is 19.7 Å². The minimum absolute atomic E-state index is 0.183. The second kappa shape index (κ2) is 12.1. The van der Waals surface area contributed by atoms with Gasteiger partial charge in [0.05, 0.1) is 11.6 Å². The molecule has 0 aliphatic rings. The fourth-order valence-corrected chi connectivity index (χ4v) is 3.47. The molecule has 0 radical (unpaired) electrons. The van der Waals surface area contributed by atoms with Gasteiger partial charge >= 0.3 is 5.97 Å². The Bertz CT molecular complexity index is 310. The number of unbranched alkanes of at least 4 members (excludes halogenated alkanes) is 5. The van der Waals surface area contributed by atoms with Crippen LogP contribution in [0.25, 0.3) is 0 Å². The molecule has 0 saturated heterocycles. The molecule has 0 fully saturated rings. The van der Waals surface area contributed by atoms with Crippen molar-refractivity contribution in [2.75, 3.05) is 0 Å². The van der Waals surface area contributed by atoms with Crippen LogP contribution in [0.4, 0.5) is 0 Å². The lowest BCUT2D eigenvalue weighted by molar-refractivity contribution is -0.141. The van der Waals surface area contributed by atoms with Gasteiger partial charge in [0.2, 0.25) is 0 Å². The van der Waals surface area contributed by atoms with Gasteiger partial charge in [0.1, 0.15) is 0 Å². The summed E-state index contributed by atoms with van der Waals surface area (Å²) >= 11 is 0. The Morgan fingerprint density at radius 2 is 1.62 bits per heavy atom. The van der Waals surface area contributed by atoms with E-state index in [0.717, 1.165) is 44.9 Å². The fraction of sp³-hybridized carbons (Fsp3) is 0.867. The molecule has 21 heavy (non-hydrogen) atoms. The Morgan fingerprint density at radius 3 is 2.10 bits per heavy atom. The molecule has 0 aromatic rings. The summed E-state index contributed by atoms with van der Waals surface area (Å²) in [6.45, 7) is 4.14. The van der Waals surface area contributed by atoms with Gasteiger partial charge in [-0.3, -0.25) is 4.79 Å². The summed E-state index contributed by atoms with van der Waals surface area (Å²) in [5, 5.41) is 17.4. The maximum absolute atomic E-state index is 11.4. The predicted octanol–water partition coefficient (Wildman–Crippen LogP) is 3.92. The average Bonchev–Trinajstić information content (AvgIpc) is 2.41. The molecule has 2 atom stereocenters. The topological polar surface area (TPSA) is 102 Å². The van der Waals surface area contributed by atoms with Crippen LogP contribution < -0.4 is 0 Å². The number of hydrogen-bond acceptors (Lipinski definition) is 4. The van der Waals surface area contributed by atoms with Crippen molar-refractivity contribution in [1.29, 1.82) is 5.41 Å². The van der Waals surface area contributed by atoms with Crippen LogP contribution in [0.15, 0.2) is 0 Å². The predicted molar refractivity (Wildman–Crippen MR) is 86.9 cm³/mol. The van der Waals surface area contributed by atoms with Gasteiger partial charge in [-0.25, -0.2) is 0 Å². The first-order valence-electron chi connectivity index (χ1n) is 7.92. The molecule has 0 aliphatic carbocycles. The highest BCUT2D eigenvalue weighted by Crippen LogP contribution is 2.40. The summed E-state index contributed by atoms with van der Waals surface area (Å²) in [5.74, 6) is -1.87. The number of nitrogens with one attached hydrogen (secondary N) is 1. The van der Waals surface area contributed by atoms with Gasteiger partial charge in [0, 0.05) is 5.71 Å². The summed E-state index contributed by atoms with van der Waals surface area (Å²) in [6.07, 6.45) is 7.49. The lowest BCUT2D eigenvalue weighted by Gasteiger charge is -2.25. The van der Waals surface area contributed by atoms with Crippen LogP contribution in [-0.2, 0) is 4.79 Å². The van der Waals surface area contributed by atoms with Crippen LogP contribution in [0.3, 0.4) is 0 Å². The lowest BCUT2D eigenvalue weighted by Crippen LogP contribution is -2.33. The quantitative estimate of drug-likeness (QED) is 0.235. The first kappa shape index (κ1) is 20.5. The van der Waals surface area contributed by atoms with E-state index in [-0.39, 0.29) is 5.71 Å². The Labute approximate surface area is 129 Å². The van der Waals surface area contributed by atoms with E-state index in [2.05, 4.69) is 13.8 Å². The molecule has 0 amide bonds. The van der Waals surface area contributed by atoms with Crippen molar-refractivity contribution in [2.24, 2.45) is 5.92 Å². The lowest BCUT2D eigenvalue weighted by atomic mass is 9.92. The van der Waals surface area contributed by atoms with Gasteiger partial charge in [0.15, 0.2) is 8.38 Å². The number of hydrogen-bond donors (Lipinski definition) is 4. The van der Waals surface area contributed by atoms with Crippen molar-refractivity contribution in [3.63, 3.8) is 0 Å². The third kappa shape index (κ3) is 8.50. The molecule has 5 nitrogen and oxygen atoms in total. The highest BCUT2D eigenvalue weighted by atomic mass is 31.2. The van der Waals surface area contributed by atoms with Gasteiger partial charge in [-0.2, -0.15) is 0 Å². The zero-order chi connectivity index (χ0) is 16.3. The molecule has 0 aromatic carbocycles. The monoisotopic (exact) mass is 319 g/mol. The summed E-state index contributed by atoms with van der Waals surface area (Å²) in [6, 6.07) is 0. The van der Waals surface area contributed by atoms with Crippen LogP contribution >= 0.6 is 8.38 Å². The Hall–Kier alpha value is -0.510. The van der Waals surface area contributed by atoms with Crippen molar-refractivity contribution in [1.82, 2.24) is 0 Å². The highest BCUT2D eigenvalue weighted by molar-refractivity contribution is 7.47. The fourth-order valence-electron chi connectivity index (χ4n) is 2.46. The van der Waals surface area contributed by atoms with Crippen molar-refractivity contribution in [2.45, 2.75) is 77.3 Å². The van der Waals surface area contributed by atoms with E-state index < -0.39 is 25.9 Å². The largest absolute Gasteiger partial charge is 0.481 e. The van der Waals surface area contributed by atoms with Gasteiger partial charge < -0.3 is 20.3 Å². The van der Waals surface area contributed by atoms with Crippen LogP contribution in [0.5, 0.6) is 0 Å². The summed E-state index contributed by atoms with van der Waals surface area (Å²) < 4.78 is 0. The van der Waals surface area contributed by atoms with Crippen LogP contribution in [0.2, 0.25) is 0 Å². The first-order chi connectivity index (χ1) is 9.95. The minimum Gasteiger partial charge on any atom is -0.481 e. The molecular weight excluding hydrogens is 289 g/mol. The van der Waals surface area contributed by atoms with Crippen LogP contribution in [0, 0.1) is 11.3 Å². The van der Waals surface area contributed by atoms with Gasteiger partial charge in [-0.1, -0.05) is 52.4 Å². The van der Waals surface area contributed by atoms with E-state index in [1.807, 2.05) is 0 Å². The molecule has 0 rings (SSSR count). The molecule has 0 heterocycles. The zero-order valence-electron chi connectivity index (χ0n) is 13.2. The number of carboxylic acid groups (broad SMARTS) is 1. The van der Waals surface area contributed by atoms with Crippen molar-refractivity contribution >= 4 is 20.1 Å². The average molecular weight is 319 g/mol. The Balaban J connectivity index is 4.66. The maximum Gasteiger partial charge on any atom is 0.307 e. The molecule has 0 aromatic heterocycles. The van der Waals surface area contributed by atoms with E-state index >= 15 is 0 Å². The number of carbonyl (C=O) groups is 1. The summed E-state index contributed by atoms with van der Waals surface area (Å²) in [7, 11) is -2.43. The van der Waals surface area contributed by atoms with Crippen LogP contribution in [0.1, 0.15) is 71.6 Å². The number of aliphatic carboxylic acids is 1. The molecular formula is C15H30NO4P. The molecule has 0 spiro atoms. The third-order valence-electron chi connectivity index (χ3n) is 3.72. The van der Waals surface area contributed by atoms with Gasteiger partial charge in [0.25, 0.3) is 0 Å². The normalized spacial score (nSPS) is 14.1.